The van der Waals surface area contributed by atoms with Crippen LogP contribution in [-0.2, 0) is 0 Å². The molecular formula is C26H20O10. The van der Waals surface area contributed by atoms with Crippen LogP contribution in [0.3, 0.4) is 0 Å². The number of ether oxygens (including phenoxy) is 4. The van der Waals surface area contributed by atoms with E-state index in [4.69, 9.17) is 23.4 Å². The zero-order chi connectivity index (χ0) is 25.6. The number of fused-ring (bicyclic) bond motifs is 2. The Kier molecular flexibility index (Phi) is 5.56. The van der Waals surface area contributed by atoms with Crippen molar-refractivity contribution in [3.63, 3.8) is 0 Å². The molecule has 3 N–H and O–H groups in total. The number of benzene rings is 3. The van der Waals surface area contributed by atoms with E-state index in [-0.39, 0.29) is 69.1 Å². The van der Waals surface area contributed by atoms with E-state index in [1.54, 1.807) is 0 Å². The molecule has 0 amide bonds. The number of hydrogen-bond donors (Lipinski definition) is 3. The maximum absolute atomic E-state index is 13.4. The van der Waals surface area contributed by atoms with Crippen molar-refractivity contribution < 1.29 is 43.5 Å². The van der Waals surface area contributed by atoms with Gasteiger partial charge in [0.15, 0.2) is 22.7 Å². The van der Waals surface area contributed by atoms with Crippen molar-refractivity contribution in [3.05, 3.63) is 70.1 Å². The highest BCUT2D eigenvalue weighted by atomic mass is 16.5. The maximum atomic E-state index is 13.4. The fourth-order valence-electron chi connectivity index (χ4n) is 4.26. The van der Waals surface area contributed by atoms with Gasteiger partial charge in [-0.3, -0.25) is 9.59 Å². The van der Waals surface area contributed by atoms with Gasteiger partial charge in [-0.1, -0.05) is 6.07 Å². The number of phenolic OH excluding ortho intramolecular Hbond substituents is 3. The standard InChI is InChI=1S/C26H20O10/c1-32-25-14(3-4-17(28)26(25)33-2)15-11-35-21-10-13(8-19(30)23(21)24(15)31)36-12-7-18(29)22-16(27)5-6-34-20(22)9-12/h3-10,15,28-30H,11H2,1-2H3. The van der Waals surface area contributed by atoms with Gasteiger partial charge in [0.2, 0.25) is 5.75 Å². The minimum atomic E-state index is -0.833. The van der Waals surface area contributed by atoms with Crippen molar-refractivity contribution in [2.45, 2.75) is 5.92 Å². The number of carbonyl (C=O) groups excluding carboxylic acids is 1. The second-order valence-electron chi connectivity index (χ2n) is 7.99. The van der Waals surface area contributed by atoms with Gasteiger partial charge < -0.3 is 38.7 Å². The van der Waals surface area contributed by atoms with Gasteiger partial charge in [0, 0.05) is 35.9 Å². The van der Waals surface area contributed by atoms with Crippen molar-refractivity contribution in [3.8, 4) is 46.0 Å². The minimum Gasteiger partial charge on any atom is -0.507 e. The lowest BCUT2D eigenvalue weighted by molar-refractivity contribution is 0.0889. The number of Topliss-reactive ketones (excluding diaryl/α,β-unsaturated/α-hetero) is 1. The summed E-state index contributed by atoms with van der Waals surface area (Å²) in [6.45, 7) is -0.0685. The Morgan fingerprint density at radius 2 is 1.58 bits per heavy atom. The molecule has 10 heteroatoms. The molecule has 10 nitrogen and oxygen atoms in total. The molecule has 5 rings (SSSR count). The topological polar surface area (TPSA) is 145 Å². The third-order valence-electron chi connectivity index (χ3n) is 5.88. The van der Waals surface area contributed by atoms with Crippen molar-refractivity contribution in [1.82, 2.24) is 0 Å². The second-order valence-corrected chi connectivity index (χ2v) is 7.99. The van der Waals surface area contributed by atoms with E-state index in [0.29, 0.717) is 5.56 Å². The van der Waals surface area contributed by atoms with Crippen LogP contribution in [0.4, 0.5) is 0 Å². The molecule has 0 saturated heterocycles. The van der Waals surface area contributed by atoms with Gasteiger partial charge >= 0.3 is 0 Å². The zero-order valence-corrected chi connectivity index (χ0v) is 19.1. The first-order valence-corrected chi connectivity index (χ1v) is 10.7. The van der Waals surface area contributed by atoms with Gasteiger partial charge in [-0.25, -0.2) is 0 Å². The Labute approximate surface area is 203 Å². The quantitative estimate of drug-likeness (QED) is 0.373. The molecule has 1 unspecified atom stereocenters. The lowest BCUT2D eigenvalue weighted by atomic mass is 9.87. The molecule has 0 bridgehead atoms. The molecule has 3 aromatic carbocycles. The SMILES string of the molecule is COc1c(O)ccc(C2COc3cc(Oc4cc(O)c5c(=O)ccoc5c4)cc(O)c3C2=O)c1OC. The summed E-state index contributed by atoms with van der Waals surface area (Å²) in [5.74, 6) is -1.48. The van der Waals surface area contributed by atoms with Crippen LogP contribution in [0.2, 0.25) is 0 Å². The highest BCUT2D eigenvalue weighted by Crippen LogP contribution is 2.47. The van der Waals surface area contributed by atoms with Crippen molar-refractivity contribution in [1.29, 1.82) is 0 Å². The van der Waals surface area contributed by atoms with Crippen LogP contribution < -0.4 is 24.4 Å². The fraction of sp³-hybridized carbons (Fsp3) is 0.154. The molecule has 36 heavy (non-hydrogen) atoms. The van der Waals surface area contributed by atoms with Crippen LogP contribution in [0.1, 0.15) is 21.8 Å². The molecule has 0 saturated carbocycles. The van der Waals surface area contributed by atoms with Gasteiger partial charge in [-0.15, -0.1) is 0 Å². The molecule has 4 aromatic rings. The first-order chi connectivity index (χ1) is 17.3. The maximum Gasteiger partial charge on any atom is 0.203 e. The number of hydrogen-bond acceptors (Lipinski definition) is 10. The number of methoxy groups -OCH3 is 2. The van der Waals surface area contributed by atoms with Crippen molar-refractivity contribution >= 4 is 16.8 Å². The Balaban J connectivity index is 1.49. The summed E-state index contributed by atoms with van der Waals surface area (Å²) in [6.07, 6.45) is 1.20. The third kappa shape index (κ3) is 3.68. The number of aromatic hydroxyl groups is 3. The predicted molar refractivity (Wildman–Crippen MR) is 126 cm³/mol. The van der Waals surface area contributed by atoms with Gasteiger partial charge in [0.1, 0.15) is 51.9 Å². The Morgan fingerprint density at radius 1 is 0.861 bits per heavy atom. The van der Waals surface area contributed by atoms with Gasteiger partial charge in [-0.2, -0.15) is 0 Å². The molecule has 1 atom stereocenters. The van der Waals surface area contributed by atoms with Crippen LogP contribution in [0.15, 0.2) is 57.9 Å². The summed E-state index contributed by atoms with van der Waals surface area (Å²) >= 11 is 0. The van der Waals surface area contributed by atoms with E-state index in [9.17, 15) is 24.9 Å². The minimum absolute atomic E-state index is 0.0133. The lowest BCUT2D eigenvalue weighted by Crippen LogP contribution is -2.26. The molecule has 0 aliphatic carbocycles. The first kappa shape index (κ1) is 22.9. The smallest absolute Gasteiger partial charge is 0.203 e. The summed E-state index contributed by atoms with van der Waals surface area (Å²) < 4.78 is 27.4. The molecule has 0 spiro atoms. The van der Waals surface area contributed by atoms with Crippen molar-refractivity contribution in [2.24, 2.45) is 0 Å². The summed E-state index contributed by atoms with van der Waals surface area (Å²) in [5, 5.41) is 31.0. The largest absolute Gasteiger partial charge is 0.507 e. The number of carbonyl (C=O) groups is 1. The lowest BCUT2D eigenvalue weighted by Gasteiger charge is -2.27. The molecule has 2 heterocycles. The first-order valence-electron chi connectivity index (χ1n) is 10.7. The molecule has 1 aliphatic heterocycles. The van der Waals surface area contributed by atoms with Crippen LogP contribution in [0, 0.1) is 0 Å². The summed E-state index contributed by atoms with van der Waals surface area (Å²) in [5.41, 5.74) is 0.0963. The zero-order valence-electron chi connectivity index (χ0n) is 19.1. The third-order valence-corrected chi connectivity index (χ3v) is 5.88. The van der Waals surface area contributed by atoms with Crippen LogP contribution in [-0.4, -0.2) is 41.9 Å². The van der Waals surface area contributed by atoms with Gasteiger partial charge in [-0.05, 0) is 6.07 Å². The normalized spacial score (nSPS) is 14.7. The van der Waals surface area contributed by atoms with Crippen LogP contribution in [0.25, 0.3) is 11.0 Å². The Morgan fingerprint density at radius 3 is 2.33 bits per heavy atom. The summed E-state index contributed by atoms with van der Waals surface area (Å²) in [6, 6.07) is 9.43. The monoisotopic (exact) mass is 492 g/mol. The number of phenols is 3. The highest BCUT2D eigenvalue weighted by molar-refractivity contribution is 6.07. The number of rotatable bonds is 5. The second kappa shape index (κ2) is 8.73. The molecule has 0 radical (unpaired) electrons. The average molecular weight is 492 g/mol. The van der Waals surface area contributed by atoms with E-state index in [1.165, 1.54) is 62.9 Å². The number of ketones is 1. The van der Waals surface area contributed by atoms with E-state index in [2.05, 4.69) is 0 Å². The summed E-state index contributed by atoms with van der Waals surface area (Å²) in [7, 11) is 2.76. The Hall–Kier alpha value is -4.86. The van der Waals surface area contributed by atoms with E-state index in [1.807, 2.05) is 0 Å². The van der Waals surface area contributed by atoms with Crippen LogP contribution in [0.5, 0.6) is 46.0 Å². The molecule has 1 aliphatic rings. The molecule has 184 valence electrons. The highest BCUT2D eigenvalue weighted by Gasteiger charge is 2.36. The van der Waals surface area contributed by atoms with Crippen molar-refractivity contribution in [2.75, 3.05) is 20.8 Å². The fourth-order valence-corrected chi connectivity index (χ4v) is 4.26. The van der Waals surface area contributed by atoms with Gasteiger partial charge in [0.25, 0.3) is 0 Å². The van der Waals surface area contributed by atoms with E-state index >= 15 is 0 Å². The average Bonchev–Trinajstić information content (AvgIpc) is 2.84. The molecular weight excluding hydrogens is 472 g/mol. The van der Waals surface area contributed by atoms with Crippen LogP contribution >= 0.6 is 0 Å². The molecule has 0 fully saturated rings. The Bertz CT molecular complexity index is 1570. The predicted octanol–water partition coefficient (Wildman–Crippen LogP) is 4.08. The molecule has 1 aromatic heterocycles. The summed E-state index contributed by atoms with van der Waals surface area (Å²) in [4.78, 5) is 25.3. The van der Waals surface area contributed by atoms with Gasteiger partial charge in [0.05, 0.1) is 26.4 Å². The van der Waals surface area contributed by atoms with E-state index in [0.717, 1.165) is 0 Å². The van der Waals surface area contributed by atoms with E-state index < -0.39 is 17.1 Å².